The van der Waals surface area contributed by atoms with Crippen LogP contribution in [0.1, 0.15) is 20.7 Å². The van der Waals surface area contributed by atoms with Gasteiger partial charge in [0.25, 0.3) is 5.91 Å². The third-order valence-electron chi connectivity index (χ3n) is 4.09. The van der Waals surface area contributed by atoms with Crippen LogP contribution in [0.15, 0.2) is 71.6 Å². The molecule has 3 aromatic rings. The minimum Gasteiger partial charge on any atom is -0.366 e. The molecule has 6 nitrogen and oxygen atoms in total. The van der Waals surface area contributed by atoms with Crippen LogP contribution in [0.4, 0.5) is 11.4 Å². The van der Waals surface area contributed by atoms with Crippen molar-refractivity contribution in [3.63, 3.8) is 0 Å². The van der Waals surface area contributed by atoms with Crippen LogP contribution in [-0.4, -0.2) is 23.5 Å². The highest BCUT2D eigenvalue weighted by Gasteiger charge is 2.12. The molecule has 4 N–H and O–H groups in total. The number of carbonyl (C=O) groups excluding carboxylic acids is 3. The first-order valence-electron chi connectivity index (χ1n) is 9.01. The van der Waals surface area contributed by atoms with Crippen molar-refractivity contribution >= 4 is 64.1 Å². The summed E-state index contributed by atoms with van der Waals surface area (Å²) >= 11 is 13.3. The van der Waals surface area contributed by atoms with E-state index < -0.39 is 5.91 Å². The van der Waals surface area contributed by atoms with E-state index in [1.54, 1.807) is 54.6 Å². The molecule has 0 aliphatic heterocycles. The van der Waals surface area contributed by atoms with Gasteiger partial charge in [0, 0.05) is 26.9 Å². The average molecular weight is 474 g/mol. The van der Waals surface area contributed by atoms with E-state index in [0.717, 1.165) is 4.90 Å². The van der Waals surface area contributed by atoms with Crippen LogP contribution in [0.2, 0.25) is 10.0 Å². The number of nitrogens with one attached hydrogen (secondary N) is 2. The Balaban J connectivity index is 1.57. The van der Waals surface area contributed by atoms with E-state index >= 15 is 0 Å². The van der Waals surface area contributed by atoms with Crippen molar-refractivity contribution in [1.82, 2.24) is 0 Å². The summed E-state index contributed by atoms with van der Waals surface area (Å²) in [6.45, 7) is 0. The predicted octanol–water partition coefficient (Wildman–Crippen LogP) is 5.08. The third kappa shape index (κ3) is 6.49. The number of primary amides is 1. The lowest BCUT2D eigenvalue weighted by atomic mass is 10.2. The average Bonchev–Trinajstić information content (AvgIpc) is 2.73. The fourth-order valence-electron chi connectivity index (χ4n) is 2.60. The van der Waals surface area contributed by atoms with E-state index in [2.05, 4.69) is 10.6 Å². The molecule has 0 radical (unpaired) electrons. The molecule has 0 saturated carbocycles. The first-order valence-corrected chi connectivity index (χ1v) is 10.7. The summed E-state index contributed by atoms with van der Waals surface area (Å²) < 4.78 is 0. The van der Waals surface area contributed by atoms with Crippen LogP contribution >= 0.6 is 35.0 Å². The van der Waals surface area contributed by atoms with Gasteiger partial charge in [-0.3, -0.25) is 14.4 Å². The van der Waals surface area contributed by atoms with Gasteiger partial charge in [0.2, 0.25) is 11.8 Å². The zero-order valence-electron chi connectivity index (χ0n) is 16.0. The van der Waals surface area contributed by atoms with E-state index in [1.165, 1.54) is 17.8 Å². The van der Waals surface area contributed by atoms with E-state index in [1.807, 2.05) is 6.07 Å². The summed E-state index contributed by atoms with van der Waals surface area (Å²) in [5, 5.41) is 6.24. The topological polar surface area (TPSA) is 101 Å². The molecule has 3 aromatic carbocycles. The SMILES string of the molecule is NC(=O)c1ccc(NC(=O)CSc2cccc(NC(=O)c3ccc(Cl)cc3Cl)c2)cc1. The van der Waals surface area contributed by atoms with Crippen molar-refractivity contribution in [2.45, 2.75) is 4.90 Å². The standard InChI is InChI=1S/C22H17Cl2N3O3S/c23-14-6-9-18(19(24)10-14)22(30)27-16-2-1-3-17(11-16)31-12-20(28)26-15-7-4-13(5-8-15)21(25)29/h1-11H,12H2,(H2,25,29)(H,26,28)(H,27,30). The second kappa shape index (κ2) is 10.3. The van der Waals surface area contributed by atoms with Gasteiger partial charge in [-0.2, -0.15) is 0 Å². The van der Waals surface area contributed by atoms with Gasteiger partial charge < -0.3 is 16.4 Å². The van der Waals surface area contributed by atoms with Crippen molar-refractivity contribution in [3.8, 4) is 0 Å². The second-order valence-electron chi connectivity index (χ2n) is 6.38. The number of hydrogen-bond acceptors (Lipinski definition) is 4. The van der Waals surface area contributed by atoms with Gasteiger partial charge in [0.15, 0.2) is 0 Å². The number of carbonyl (C=O) groups is 3. The smallest absolute Gasteiger partial charge is 0.257 e. The summed E-state index contributed by atoms with van der Waals surface area (Å²) in [5.74, 6) is -0.934. The summed E-state index contributed by atoms with van der Waals surface area (Å²) in [4.78, 5) is 36.6. The van der Waals surface area contributed by atoms with Gasteiger partial charge in [-0.15, -0.1) is 11.8 Å². The first kappa shape index (κ1) is 22.7. The van der Waals surface area contributed by atoms with Gasteiger partial charge in [-0.1, -0.05) is 29.3 Å². The minimum absolute atomic E-state index is 0.165. The molecule has 0 aliphatic carbocycles. The van der Waals surface area contributed by atoms with Crippen LogP contribution in [-0.2, 0) is 4.79 Å². The zero-order chi connectivity index (χ0) is 22.4. The van der Waals surface area contributed by atoms with Crippen molar-refractivity contribution in [3.05, 3.63) is 87.9 Å². The number of thioether (sulfide) groups is 1. The Morgan fingerprint density at radius 2 is 1.61 bits per heavy atom. The molecule has 31 heavy (non-hydrogen) atoms. The van der Waals surface area contributed by atoms with Crippen molar-refractivity contribution < 1.29 is 14.4 Å². The molecule has 0 atom stereocenters. The number of rotatable bonds is 7. The van der Waals surface area contributed by atoms with E-state index in [4.69, 9.17) is 28.9 Å². The zero-order valence-corrected chi connectivity index (χ0v) is 18.4. The summed E-state index contributed by atoms with van der Waals surface area (Å²) in [7, 11) is 0. The number of nitrogens with two attached hydrogens (primary N) is 1. The van der Waals surface area contributed by atoms with Crippen LogP contribution < -0.4 is 16.4 Å². The molecule has 3 amide bonds. The lowest BCUT2D eigenvalue weighted by Gasteiger charge is -2.09. The van der Waals surface area contributed by atoms with Gasteiger partial charge in [0.1, 0.15) is 0 Å². The summed E-state index contributed by atoms with van der Waals surface area (Å²) in [6.07, 6.45) is 0. The monoisotopic (exact) mass is 473 g/mol. The molecule has 9 heteroatoms. The highest BCUT2D eigenvalue weighted by Crippen LogP contribution is 2.25. The van der Waals surface area contributed by atoms with Crippen LogP contribution in [0.25, 0.3) is 0 Å². The molecule has 0 aliphatic rings. The number of amides is 3. The molecule has 0 unspecified atom stereocenters. The third-order valence-corrected chi connectivity index (χ3v) is 5.63. The van der Waals surface area contributed by atoms with Crippen LogP contribution in [0.3, 0.4) is 0 Å². The van der Waals surface area contributed by atoms with Crippen LogP contribution in [0.5, 0.6) is 0 Å². The largest absolute Gasteiger partial charge is 0.366 e. The fraction of sp³-hybridized carbons (Fsp3) is 0.0455. The maximum atomic E-state index is 12.5. The molecule has 0 fully saturated rings. The highest BCUT2D eigenvalue weighted by molar-refractivity contribution is 8.00. The summed E-state index contributed by atoms with van der Waals surface area (Å²) in [6, 6.07) is 18.1. The van der Waals surface area contributed by atoms with Gasteiger partial charge in [-0.25, -0.2) is 0 Å². The second-order valence-corrected chi connectivity index (χ2v) is 8.28. The van der Waals surface area contributed by atoms with Gasteiger partial charge in [-0.05, 0) is 60.7 Å². The Bertz CT molecular complexity index is 1140. The number of hydrogen-bond donors (Lipinski definition) is 3. The first-order chi connectivity index (χ1) is 14.8. The van der Waals surface area contributed by atoms with E-state index in [0.29, 0.717) is 27.5 Å². The fourth-order valence-corrected chi connectivity index (χ4v) is 3.85. The molecule has 0 saturated heterocycles. The van der Waals surface area contributed by atoms with Gasteiger partial charge >= 0.3 is 0 Å². The molecule has 0 spiro atoms. The van der Waals surface area contributed by atoms with Gasteiger partial charge in [0.05, 0.1) is 16.3 Å². The molecule has 0 bridgehead atoms. The van der Waals surface area contributed by atoms with Crippen molar-refractivity contribution in [2.75, 3.05) is 16.4 Å². The van der Waals surface area contributed by atoms with Crippen molar-refractivity contribution in [2.24, 2.45) is 5.73 Å². The number of anilines is 2. The van der Waals surface area contributed by atoms with Crippen molar-refractivity contribution in [1.29, 1.82) is 0 Å². The maximum absolute atomic E-state index is 12.5. The molecular weight excluding hydrogens is 457 g/mol. The molecule has 3 rings (SSSR count). The lowest BCUT2D eigenvalue weighted by Crippen LogP contribution is -2.15. The lowest BCUT2D eigenvalue weighted by molar-refractivity contribution is -0.113. The Morgan fingerprint density at radius 3 is 2.29 bits per heavy atom. The Kier molecular flexibility index (Phi) is 7.57. The highest BCUT2D eigenvalue weighted by atomic mass is 35.5. The Hall–Kier alpha value is -3.00. The Morgan fingerprint density at radius 1 is 0.871 bits per heavy atom. The number of benzene rings is 3. The summed E-state index contributed by atoms with van der Waals surface area (Å²) in [5.41, 5.74) is 7.01. The molecule has 0 heterocycles. The molecular formula is C22H17Cl2N3O3S. The van der Waals surface area contributed by atoms with E-state index in [-0.39, 0.29) is 22.6 Å². The Labute approximate surface area is 193 Å². The quantitative estimate of drug-likeness (QED) is 0.416. The minimum atomic E-state index is -0.529. The normalized spacial score (nSPS) is 10.4. The predicted molar refractivity (Wildman–Crippen MR) is 125 cm³/mol. The molecule has 158 valence electrons. The maximum Gasteiger partial charge on any atom is 0.257 e. The number of halogens is 2. The van der Waals surface area contributed by atoms with E-state index in [9.17, 15) is 14.4 Å². The van der Waals surface area contributed by atoms with Crippen LogP contribution in [0, 0.1) is 0 Å². The molecule has 0 aromatic heterocycles.